The lowest BCUT2D eigenvalue weighted by molar-refractivity contribution is 0.0521. The van der Waals surface area contributed by atoms with Crippen molar-refractivity contribution in [2.75, 3.05) is 12.0 Å². The number of H-pyrrole nitrogens is 1. The molecule has 0 unspecified atom stereocenters. The largest absolute Gasteiger partial charge is 0.461 e. The van der Waals surface area contributed by atoms with Crippen LogP contribution in [-0.4, -0.2) is 22.5 Å². The number of aromatic amines is 1. The molecule has 0 aliphatic carbocycles. The highest BCUT2D eigenvalue weighted by molar-refractivity contribution is 5.92. The molecule has 0 bridgehead atoms. The molecule has 0 aliphatic heterocycles. The quantitative estimate of drug-likeness (QED) is 0.334. The first kappa shape index (κ1) is 8.54. The monoisotopic (exact) mass is 170 g/mol. The van der Waals surface area contributed by atoms with Crippen LogP contribution in [0.2, 0.25) is 0 Å². The number of hydrogen-bond donors (Lipinski definition) is 3. The molecule has 0 aromatic carbocycles. The molecule has 0 fully saturated rings. The van der Waals surface area contributed by atoms with Crippen molar-refractivity contribution in [3.63, 3.8) is 0 Å². The Morgan fingerprint density at radius 1 is 1.92 bits per heavy atom. The van der Waals surface area contributed by atoms with Crippen LogP contribution in [-0.2, 0) is 4.74 Å². The molecule has 0 saturated heterocycles. The van der Waals surface area contributed by atoms with Gasteiger partial charge in [-0.15, -0.1) is 0 Å². The highest BCUT2D eigenvalue weighted by atomic mass is 16.5. The maximum atomic E-state index is 11.1. The van der Waals surface area contributed by atoms with E-state index in [0.29, 0.717) is 6.61 Å². The number of nitrogens with one attached hydrogen (secondary N) is 2. The van der Waals surface area contributed by atoms with Gasteiger partial charge in [-0.25, -0.2) is 15.6 Å². The summed E-state index contributed by atoms with van der Waals surface area (Å²) in [6.07, 6.45) is 1.36. The van der Waals surface area contributed by atoms with Crippen LogP contribution in [0.25, 0.3) is 0 Å². The highest BCUT2D eigenvalue weighted by Crippen LogP contribution is 2.08. The third-order valence-corrected chi connectivity index (χ3v) is 1.26. The van der Waals surface area contributed by atoms with E-state index in [9.17, 15) is 4.79 Å². The first-order chi connectivity index (χ1) is 5.79. The molecule has 0 saturated carbocycles. The second kappa shape index (κ2) is 3.72. The van der Waals surface area contributed by atoms with Gasteiger partial charge in [0.15, 0.2) is 11.5 Å². The summed E-state index contributed by atoms with van der Waals surface area (Å²) in [5.41, 5.74) is 2.51. The van der Waals surface area contributed by atoms with E-state index in [1.165, 1.54) is 6.33 Å². The molecule has 0 radical (unpaired) electrons. The third kappa shape index (κ3) is 1.54. The minimum Gasteiger partial charge on any atom is -0.461 e. The van der Waals surface area contributed by atoms with E-state index in [0.717, 1.165) is 0 Å². The molecular formula is C6H10N4O2. The number of carbonyl (C=O) groups is 1. The fraction of sp³-hybridized carbons (Fsp3) is 0.333. The van der Waals surface area contributed by atoms with Crippen molar-refractivity contribution >= 4 is 11.8 Å². The Morgan fingerprint density at radius 2 is 2.67 bits per heavy atom. The summed E-state index contributed by atoms with van der Waals surface area (Å²) >= 11 is 0. The number of aromatic nitrogens is 2. The predicted octanol–water partition coefficient (Wildman–Crippen LogP) is -0.128. The minimum absolute atomic E-state index is 0.236. The second-order valence-electron chi connectivity index (χ2n) is 1.99. The van der Waals surface area contributed by atoms with Gasteiger partial charge in [-0.1, -0.05) is 0 Å². The lowest BCUT2D eigenvalue weighted by atomic mass is 10.4. The summed E-state index contributed by atoms with van der Waals surface area (Å²) in [5, 5.41) is 0. The van der Waals surface area contributed by atoms with E-state index in [2.05, 4.69) is 15.4 Å². The Balaban J connectivity index is 2.79. The van der Waals surface area contributed by atoms with Crippen molar-refractivity contribution in [3.05, 3.63) is 12.0 Å². The number of nitrogen functional groups attached to an aromatic ring is 1. The van der Waals surface area contributed by atoms with Gasteiger partial charge in [0.2, 0.25) is 0 Å². The molecule has 1 heterocycles. The molecule has 1 aromatic heterocycles. The van der Waals surface area contributed by atoms with Crippen molar-refractivity contribution in [1.29, 1.82) is 0 Å². The topological polar surface area (TPSA) is 93.0 Å². The molecule has 6 heteroatoms. The number of hydrazine groups is 1. The van der Waals surface area contributed by atoms with Gasteiger partial charge in [0, 0.05) is 0 Å². The van der Waals surface area contributed by atoms with Crippen LogP contribution in [0, 0.1) is 0 Å². The van der Waals surface area contributed by atoms with Gasteiger partial charge in [-0.3, -0.25) is 0 Å². The Morgan fingerprint density at radius 3 is 3.25 bits per heavy atom. The van der Waals surface area contributed by atoms with Crippen LogP contribution < -0.4 is 11.3 Å². The maximum Gasteiger partial charge on any atom is 0.358 e. The van der Waals surface area contributed by atoms with Crippen molar-refractivity contribution in [3.8, 4) is 0 Å². The zero-order valence-corrected chi connectivity index (χ0v) is 6.63. The van der Waals surface area contributed by atoms with Gasteiger partial charge in [-0.2, -0.15) is 0 Å². The van der Waals surface area contributed by atoms with Gasteiger partial charge in [0.25, 0.3) is 0 Å². The molecule has 66 valence electrons. The molecule has 0 aliphatic rings. The van der Waals surface area contributed by atoms with Crippen LogP contribution in [0.4, 0.5) is 5.82 Å². The molecule has 4 N–H and O–H groups in total. The average Bonchev–Trinajstić information content (AvgIpc) is 2.51. The molecule has 1 aromatic rings. The van der Waals surface area contributed by atoms with Gasteiger partial charge < -0.3 is 15.1 Å². The number of hydrogen-bond acceptors (Lipinski definition) is 5. The van der Waals surface area contributed by atoms with Gasteiger partial charge >= 0.3 is 5.97 Å². The zero-order valence-electron chi connectivity index (χ0n) is 6.63. The first-order valence-corrected chi connectivity index (χ1v) is 3.46. The molecule has 1 rings (SSSR count). The first-order valence-electron chi connectivity index (χ1n) is 3.46. The summed E-state index contributed by atoms with van der Waals surface area (Å²) in [5.74, 6) is 4.90. The number of esters is 1. The Hall–Kier alpha value is -1.56. The van der Waals surface area contributed by atoms with Crippen LogP contribution in [0.15, 0.2) is 6.33 Å². The number of imidazole rings is 1. The SMILES string of the molecule is CCOC(=O)c1[nH]cnc1NN. The van der Waals surface area contributed by atoms with Crippen molar-refractivity contribution < 1.29 is 9.53 Å². The minimum atomic E-state index is -0.469. The van der Waals surface area contributed by atoms with E-state index in [1.54, 1.807) is 6.92 Å². The smallest absolute Gasteiger partial charge is 0.358 e. The van der Waals surface area contributed by atoms with Gasteiger partial charge in [0.05, 0.1) is 12.9 Å². The highest BCUT2D eigenvalue weighted by Gasteiger charge is 2.13. The number of carbonyl (C=O) groups excluding carboxylic acids is 1. The van der Waals surface area contributed by atoms with Crippen LogP contribution in [0.5, 0.6) is 0 Å². The summed E-state index contributed by atoms with van der Waals surface area (Å²) in [6.45, 7) is 2.05. The maximum absolute atomic E-state index is 11.1. The predicted molar refractivity (Wildman–Crippen MR) is 42.4 cm³/mol. The van der Waals surface area contributed by atoms with E-state index in [-0.39, 0.29) is 11.5 Å². The zero-order chi connectivity index (χ0) is 8.97. The van der Waals surface area contributed by atoms with Crippen molar-refractivity contribution in [2.45, 2.75) is 6.92 Å². The van der Waals surface area contributed by atoms with Crippen LogP contribution >= 0.6 is 0 Å². The molecule has 0 atom stereocenters. The number of rotatable bonds is 3. The molecule has 0 spiro atoms. The lowest BCUT2D eigenvalue weighted by Crippen LogP contribution is -2.13. The Bertz CT molecular complexity index is 270. The number of nitrogens with two attached hydrogens (primary N) is 1. The molecule has 6 nitrogen and oxygen atoms in total. The number of nitrogens with zero attached hydrogens (tertiary/aromatic N) is 1. The van der Waals surface area contributed by atoms with E-state index < -0.39 is 5.97 Å². The van der Waals surface area contributed by atoms with E-state index in [1.807, 2.05) is 0 Å². The van der Waals surface area contributed by atoms with E-state index in [4.69, 9.17) is 10.6 Å². The van der Waals surface area contributed by atoms with Crippen LogP contribution in [0.3, 0.4) is 0 Å². The molecular weight excluding hydrogens is 160 g/mol. The summed E-state index contributed by atoms with van der Waals surface area (Å²) in [4.78, 5) is 17.5. The fourth-order valence-corrected chi connectivity index (χ4v) is 0.763. The molecule has 12 heavy (non-hydrogen) atoms. The number of ether oxygens (including phenoxy) is 1. The van der Waals surface area contributed by atoms with E-state index >= 15 is 0 Å². The second-order valence-corrected chi connectivity index (χ2v) is 1.99. The lowest BCUT2D eigenvalue weighted by Gasteiger charge is -2.00. The van der Waals surface area contributed by atoms with Gasteiger partial charge in [-0.05, 0) is 6.92 Å². The van der Waals surface area contributed by atoms with Gasteiger partial charge in [0.1, 0.15) is 0 Å². The normalized spacial score (nSPS) is 9.50. The molecule has 0 amide bonds. The average molecular weight is 170 g/mol. The fourth-order valence-electron chi connectivity index (χ4n) is 0.763. The van der Waals surface area contributed by atoms with Crippen LogP contribution in [0.1, 0.15) is 17.4 Å². The summed E-state index contributed by atoms with van der Waals surface area (Å²) in [7, 11) is 0. The van der Waals surface area contributed by atoms with Crippen molar-refractivity contribution in [1.82, 2.24) is 9.97 Å². The Kier molecular flexibility index (Phi) is 2.65. The third-order valence-electron chi connectivity index (χ3n) is 1.26. The summed E-state index contributed by atoms with van der Waals surface area (Å²) < 4.78 is 4.72. The number of anilines is 1. The van der Waals surface area contributed by atoms with Crippen molar-refractivity contribution in [2.24, 2.45) is 5.84 Å². The summed E-state index contributed by atoms with van der Waals surface area (Å²) in [6, 6.07) is 0. The Labute approximate surface area is 69.1 Å². The standard InChI is InChI=1S/C6H10N4O2/c1-2-12-6(11)4-5(10-7)9-3-8-4/h3,10H,2,7H2,1H3,(H,8,9).